The van der Waals surface area contributed by atoms with E-state index in [1.54, 1.807) is 0 Å². The normalized spacial score (nSPS) is 38.6. The summed E-state index contributed by atoms with van der Waals surface area (Å²) in [5.74, 6) is 0. The molecule has 102 valence electrons. The van der Waals surface area contributed by atoms with Crippen LogP contribution in [-0.4, -0.2) is 87.3 Å². The molecule has 1 aliphatic heterocycles. The summed E-state index contributed by atoms with van der Waals surface area (Å²) in [6, 6.07) is 0. The molecular formula is C9H18O8. The molecule has 0 radical (unpaired) electrons. The minimum atomic E-state index is -1.54. The van der Waals surface area contributed by atoms with Crippen LogP contribution in [0.5, 0.6) is 0 Å². The lowest BCUT2D eigenvalue weighted by atomic mass is 9.99. The van der Waals surface area contributed by atoms with E-state index in [0.29, 0.717) is 0 Å². The van der Waals surface area contributed by atoms with Crippen LogP contribution >= 0.6 is 0 Å². The predicted molar refractivity (Wildman–Crippen MR) is 52.8 cm³/mol. The maximum atomic E-state index is 9.56. The minimum absolute atomic E-state index is 0.495. The minimum Gasteiger partial charge on any atom is -0.394 e. The van der Waals surface area contributed by atoms with Crippen molar-refractivity contribution < 1.29 is 40.1 Å². The molecule has 1 rings (SSSR count). The summed E-state index contributed by atoms with van der Waals surface area (Å²) in [6.07, 6.45) is -7.92. The first-order chi connectivity index (χ1) is 8.04. The van der Waals surface area contributed by atoms with E-state index in [1.165, 1.54) is 0 Å². The lowest BCUT2D eigenvalue weighted by molar-refractivity contribution is -0.315. The highest BCUT2D eigenvalue weighted by atomic mass is 16.7. The number of hydrogen-bond donors (Lipinski definition) is 6. The fourth-order valence-corrected chi connectivity index (χ4v) is 1.51. The largest absolute Gasteiger partial charge is 0.394 e. The van der Waals surface area contributed by atoms with Gasteiger partial charge in [0.1, 0.15) is 30.5 Å². The molecule has 0 amide bonds. The van der Waals surface area contributed by atoms with Crippen molar-refractivity contribution in [2.75, 3.05) is 19.8 Å². The van der Waals surface area contributed by atoms with Gasteiger partial charge >= 0.3 is 0 Å². The van der Waals surface area contributed by atoms with Crippen molar-refractivity contribution in [1.29, 1.82) is 0 Å². The Labute approximate surface area is 97.6 Å². The van der Waals surface area contributed by atoms with Gasteiger partial charge in [-0.25, -0.2) is 0 Å². The number of hydrogen-bond acceptors (Lipinski definition) is 8. The summed E-state index contributed by atoms with van der Waals surface area (Å²) in [5, 5.41) is 55.0. The Morgan fingerprint density at radius 3 is 2.00 bits per heavy atom. The highest BCUT2D eigenvalue weighted by Crippen LogP contribution is 2.22. The van der Waals surface area contributed by atoms with E-state index >= 15 is 0 Å². The maximum Gasteiger partial charge on any atom is 0.187 e. The standard InChI is InChI=1S/C9H18O8/c10-1-4(2-11)16-9-8(15)7(14)6(13)5(3-12)17-9/h4-15H,1-3H2/t5?,6?,7-,8?,9?/m0/s1. The van der Waals surface area contributed by atoms with Crippen molar-refractivity contribution in [2.24, 2.45) is 0 Å². The van der Waals surface area contributed by atoms with Crippen molar-refractivity contribution in [2.45, 2.75) is 36.8 Å². The Morgan fingerprint density at radius 2 is 1.53 bits per heavy atom. The molecule has 8 nitrogen and oxygen atoms in total. The summed E-state index contributed by atoms with van der Waals surface area (Å²) >= 11 is 0. The summed E-state index contributed by atoms with van der Waals surface area (Å²) < 4.78 is 10.0. The van der Waals surface area contributed by atoms with Crippen molar-refractivity contribution in [3.05, 3.63) is 0 Å². The van der Waals surface area contributed by atoms with Crippen LogP contribution in [0.3, 0.4) is 0 Å². The molecule has 1 fully saturated rings. The molecular weight excluding hydrogens is 236 g/mol. The van der Waals surface area contributed by atoms with Crippen molar-refractivity contribution in [1.82, 2.24) is 0 Å². The van der Waals surface area contributed by atoms with E-state index < -0.39 is 56.6 Å². The molecule has 0 aromatic heterocycles. The lowest BCUT2D eigenvalue weighted by Gasteiger charge is -2.40. The fraction of sp³-hybridized carbons (Fsp3) is 1.00. The van der Waals surface area contributed by atoms with Gasteiger partial charge in [0.05, 0.1) is 19.8 Å². The van der Waals surface area contributed by atoms with Gasteiger partial charge in [0.15, 0.2) is 6.29 Å². The van der Waals surface area contributed by atoms with Gasteiger partial charge in [0, 0.05) is 0 Å². The van der Waals surface area contributed by atoms with Crippen LogP contribution in [0.15, 0.2) is 0 Å². The molecule has 4 unspecified atom stereocenters. The average Bonchev–Trinajstić information content (AvgIpc) is 2.35. The van der Waals surface area contributed by atoms with E-state index in [1.807, 2.05) is 0 Å². The zero-order valence-corrected chi connectivity index (χ0v) is 9.09. The maximum absolute atomic E-state index is 9.56. The third-order valence-electron chi connectivity index (χ3n) is 2.58. The van der Waals surface area contributed by atoms with E-state index in [4.69, 9.17) is 24.8 Å². The van der Waals surface area contributed by atoms with Gasteiger partial charge in [-0.1, -0.05) is 0 Å². The smallest absolute Gasteiger partial charge is 0.187 e. The Hall–Kier alpha value is -0.320. The first kappa shape index (κ1) is 14.7. The first-order valence-corrected chi connectivity index (χ1v) is 5.22. The van der Waals surface area contributed by atoms with Crippen LogP contribution in [0.25, 0.3) is 0 Å². The second-order valence-electron chi connectivity index (χ2n) is 3.82. The van der Waals surface area contributed by atoms with Crippen LogP contribution in [0, 0.1) is 0 Å². The second kappa shape index (κ2) is 6.57. The molecule has 0 aliphatic carbocycles. The molecule has 17 heavy (non-hydrogen) atoms. The summed E-state index contributed by atoms with van der Waals surface area (Å²) in [7, 11) is 0. The average molecular weight is 254 g/mol. The van der Waals surface area contributed by atoms with Gasteiger partial charge in [-0.3, -0.25) is 0 Å². The van der Waals surface area contributed by atoms with Gasteiger partial charge in [0.25, 0.3) is 0 Å². The van der Waals surface area contributed by atoms with E-state index in [2.05, 4.69) is 0 Å². The number of aliphatic hydroxyl groups excluding tert-OH is 6. The van der Waals surface area contributed by atoms with Crippen LogP contribution in [0.2, 0.25) is 0 Å². The highest BCUT2D eigenvalue weighted by Gasteiger charge is 2.44. The van der Waals surface area contributed by atoms with Gasteiger partial charge in [-0.15, -0.1) is 0 Å². The molecule has 6 N–H and O–H groups in total. The van der Waals surface area contributed by atoms with Crippen molar-refractivity contribution in [3.8, 4) is 0 Å². The zero-order chi connectivity index (χ0) is 13.0. The van der Waals surface area contributed by atoms with Gasteiger partial charge in [-0.05, 0) is 0 Å². The molecule has 1 aliphatic rings. The number of aliphatic hydroxyl groups is 6. The van der Waals surface area contributed by atoms with Crippen LogP contribution in [0.1, 0.15) is 0 Å². The summed E-state index contributed by atoms with van der Waals surface area (Å²) in [6.45, 7) is -1.55. The molecule has 5 atom stereocenters. The number of ether oxygens (including phenoxy) is 2. The van der Waals surface area contributed by atoms with Gasteiger partial charge in [-0.2, -0.15) is 0 Å². The topological polar surface area (TPSA) is 140 Å². The summed E-state index contributed by atoms with van der Waals surface area (Å²) in [4.78, 5) is 0. The van der Waals surface area contributed by atoms with E-state index in [0.717, 1.165) is 0 Å². The van der Waals surface area contributed by atoms with E-state index in [-0.39, 0.29) is 0 Å². The molecule has 8 heteroatoms. The Bertz CT molecular complexity index is 217. The zero-order valence-electron chi connectivity index (χ0n) is 9.09. The molecule has 0 saturated carbocycles. The van der Waals surface area contributed by atoms with Gasteiger partial charge in [0.2, 0.25) is 0 Å². The second-order valence-corrected chi connectivity index (χ2v) is 3.82. The van der Waals surface area contributed by atoms with Crippen molar-refractivity contribution >= 4 is 0 Å². The predicted octanol–water partition coefficient (Wildman–Crippen LogP) is -3.84. The highest BCUT2D eigenvalue weighted by molar-refractivity contribution is 4.89. The molecule has 0 spiro atoms. The fourth-order valence-electron chi connectivity index (χ4n) is 1.51. The first-order valence-electron chi connectivity index (χ1n) is 5.22. The van der Waals surface area contributed by atoms with Gasteiger partial charge < -0.3 is 40.1 Å². The van der Waals surface area contributed by atoms with E-state index in [9.17, 15) is 15.3 Å². The van der Waals surface area contributed by atoms with Crippen molar-refractivity contribution in [3.63, 3.8) is 0 Å². The Kier molecular flexibility index (Phi) is 5.70. The monoisotopic (exact) mass is 254 g/mol. The van der Waals surface area contributed by atoms with Crippen LogP contribution in [-0.2, 0) is 9.47 Å². The molecule has 1 heterocycles. The third kappa shape index (κ3) is 3.33. The number of rotatable bonds is 5. The lowest BCUT2D eigenvalue weighted by Crippen LogP contribution is -2.60. The van der Waals surface area contributed by atoms with Crippen LogP contribution in [0.4, 0.5) is 0 Å². The molecule has 0 aromatic carbocycles. The third-order valence-corrected chi connectivity index (χ3v) is 2.58. The molecule has 0 aromatic rings. The Morgan fingerprint density at radius 1 is 0.941 bits per heavy atom. The molecule has 1 saturated heterocycles. The van der Waals surface area contributed by atoms with Crippen LogP contribution < -0.4 is 0 Å². The molecule has 0 bridgehead atoms. The quantitative estimate of drug-likeness (QED) is 0.293. The summed E-state index contributed by atoms with van der Waals surface area (Å²) in [5.41, 5.74) is 0. The Balaban J connectivity index is 2.65. The SMILES string of the molecule is OCC(CO)OC1OC(CO)C(O)[C@H](O)C1O.